The average Bonchev–Trinajstić information content (AvgIpc) is 3.37. The quantitative estimate of drug-likeness (QED) is 0.473. The van der Waals surface area contributed by atoms with Crippen molar-refractivity contribution < 1.29 is 14.4 Å². The molecular formula is C25H23N5O3. The lowest BCUT2D eigenvalue weighted by Crippen LogP contribution is -2.53. The summed E-state index contributed by atoms with van der Waals surface area (Å²) in [6.45, 7) is 4.00. The van der Waals surface area contributed by atoms with E-state index in [9.17, 15) is 14.4 Å². The fourth-order valence-corrected chi connectivity index (χ4v) is 4.64. The molecule has 3 aromatic heterocycles. The molecule has 1 unspecified atom stereocenters. The highest BCUT2D eigenvalue weighted by Crippen LogP contribution is 2.40. The van der Waals surface area contributed by atoms with Crippen molar-refractivity contribution in [3.63, 3.8) is 0 Å². The zero-order chi connectivity index (χ0) is 23.1. The Kier molecular flexibility index (Phi) is 5.12. The van der Waals surface area contributed by atoms with Crippen molar-refractivity contribution in [2.75, 3.05) is 4.90 Å². The van der Waals surface area contributed by atoms with E-state index in [1.807, 2.05) is 44.3 Å². The molecule has 0 bridgehead atoms. The molecule has 2 aliphatic heterocycles. The zero-order valence-electron chi connectivity index (χ0n) is 18.4. The minimum absolute atomic E-state index is 0.201. The molecule has 8 nitrogen and oxygen atoms in total. The number of aromatic nitrogens is 3. The Morgan fingerprint density at radius 3 is 2.67 bits per heavy atom. The van der Waals surface area contributed by atoms with Crippen LogP contribution < -0.4 is 10.2 Å². The van der Waals surface area contributed by atoms with Gasteiger partial charge in [0.25, 0.3) is 5.91 Å². The third-order valence-electron chi connectivity index (χ3n) is 6.09. The van der Waals surface area contributed by atoms with E-state index >= 15 is 0 Å². The van der Waals surface area contributed by atoms with Crippen molar-refractivity contribution in [3.8, 4) is 0 Å². The summed E-state index contributed by atoms with van der Waals surface area (Å²) in [6.07, 6.45) is 6.59. The smallest absolute Gasteiger partial charge is 0.260 e. The van der Waals surface area contributed by atoms with Crippen molar-refractivity contribution in [1.29, 1.82) is 0 Å². The summed E-state index contributed by atoms with van der Waals surface area (Å²) in [4.78, 5) is 50.8. The maximum absolute atomic E-state index is 13.2. The minimum atomic E-state index is -0.737. The van der Waals surface area contributed by atoms with Crippen molar-refractivity contribution >= 4 is 45.3 Å². The number of piperidine rings is 1. The summed E-state index contributed by atoms with van der Waals surface area (Å²) in [6, 6.07) is 8.79. The number of carbonyl (C=O) groups is 3. The molecule has 5 heterocycles. The summed E-state index contributed by atoms with van der Waals surface area (Å²) < 4.78 is 0. The number of rotatable bonds is 3. The molecule has 0 aliphatic carbocycles. The topological polar surface area (TPSA) is 108 Å². The van der Waals surface area contributed by atoms with Gasteiger partial charge in [-0.2, -0.15) is 0 Å². The molecule has 166 valence electrons. The summed E-state index contributed by atoms with van der Waals surface area (Å²) >= 11 is 0. The SMILES string of the molecule is CC.O=C1CCC(N2C(=O)c3cccc4c(Cc5c[nH]c6ncccc56)cnc2c34)C(=O)N1. The minimum Gasteiger partial charge on any atom is -0.346 e. The number of pyridine rings is 2. The van der Waals surface area contributed by atoms with Crippen LogP contribution in [-0.4, -0.2) is 38.7 Å². The molecule has 8 heteroatoms. The highest BCUT2D eigenvalue weighted by molar-refractivity contribution is 6.26. The van der Waals surface area contributed by atoms with E-state index in [0.717, 1.165) is 32.9 Å². The van der Waals surface area contributed by atoms with E-state index in [-0.39, 0.29) is 24.7 Å². The van der Waals surface area contributed by atoms with Gasteiger partial charge in [0.15, 0.2) is 0 Å². The van der Waals surface area contributed by atoms with Crippen LogP contribution in [0.1, 0.15) is 48.2 Å². The molecule has 0 saturated carbocycles. The van der Waals surface area contributed by atoms with Gasteiger partial charge in [-0.05, 0) is 41.1 Å². The van der Waals surface area contributed by atoms with Crippen LogP contribution >= 0.6 is 0 Å². The van der Waals surface area contributed by atoms with E-state index in [4.69, 9.17) is 0 Å². The maximum Gasteiger partial charge on any atom is 0.260 e. The Bertz CT molecular complexity index is 1420. The molecule has 0 radical (unpaired) electrons. The predicted octanol–water partition coefficient (Wildman–Crippen LogP) is 3.49. The Morgan fingerprint density at radius 1 is 1.03 bits per heavy atom. The molecule has 33 heavy (non-hydrogen) atoms. The first-order valence-electron chi connectivity index (χ1n) is 11.1. The van der Waals surface area contributed by atoms with E-state index in [1.165, 1.54) is 4.90 Å². The number of hydrogen-bond donors (Lipinski definition) is 2. The molecule has 1 atom stereocenters. The largest absolute Gasteiger partial charge is 0.346 e. The number of nitrogens with zero attached hydrogens (tertiary/aromatic N) is 3. The molecule has 1 fully saturated rings. The number of fused-ring (bicyclic) bond motifs is 1. The Balaban J connectivity index is 0.00000111. The number of aromatic amines is 1. The van der Waals surface area contributed by atoms with Crippen LogP contribution in [0.2, 0.25) is 0 Å². The van der Waals surface area contributed by atoms with Gasteiger partial charge in [0, 0.05) is 42.2 Å². The van der Waals surface area contributed by atoms with Crippen LogP contribution in [0.4, 0.5) is 5.82 Å². The summed E-state index contributed by atoms with van der Waals surface area (Å²) in [7, 11) is 0. The first kappa shape index (κ1) is 20.8. The molecular weight excluding hydrogens is 418 g/mol. The number of benzene rings is 1. The standard InChI is InChI=1S/C23H17N5O3.C2H6/c29-18-7-6-17(22(30)27-18)28-21-19-14(3-1-4-16(19)23(28)31)12(11-26-21)9-13-10-25-20-15(13)5-2-8-24-20;1-2/h1-5,8,10-11,17H,6-7,9H2,(H,24,25)(H,27,29,30);1-2H3. The van der Waals surface area contributed by atoms with Crippen LogP contribution in [-0.2, 0) is 16.0 Å². The van der Waals surface area contributed by atoms with Gasteiger partial charge in [-0.15, -0.1) is 0 Å². The summed E-state index contributed by atoms with van der Waals surface area (Å²) in [5.74, 6) is -0.541. The van der Waals surface area contributed by atoms with Crippen LogP contribution in [0.15, 0.2) is 48.9 Å². The second kappa shape index (κ2) is 8.12. The van der Waals surface area contributed by atoms with E-state index in [1.54, 1.807) is 18.5 Å². The third kappa shape index (κ3) is 3.26. The van der Waals surface area contributed by atoms with E-state index in [2.05, 4.69) is 20.3 Å². The van der Waals surface area contributed by atoms with Crippen molar-refractivity contribution in [2.45, 2.75) is 39.2 Å². The summed E-state index contributed by atoms with van der Waals surface area (Å²) in [5, 5.41) is 5.07. The lowest BCUT2D eigenvalue weighted by Gasteiger charge is -2.29. The maximum atomic E-state index is 13.2. The van der Waals surface area contributed by atoms with Crippen LogP contribution in [0.25, 0.3) is 21.8 Å². The van der Waals surface area contributed by atoms with Gasteiger partial charge in [0.2, 0.25) is 11.8 Å². The van der Waals surface area contributed by atoms with Gasteiger partial charge < -0.3 is 4.98 Å². The normalized spacial score (nSPS) is 17.3. The first-order valence-corrected chi connectivity index (χ1v) is 11.1. The van der Waals surface area contributed by atoms with Crippen LogP contribution in [0.5, 0.6) is 0 Å². The van der Waals surface area contributed by atoms with Crippen LogP contribution in [0, 0.1) is 0 Å². The second-order valence-electron chi connectivity index (χ2n) is 7.87. The molecule has 1 saturated heterocycles. The Hall–Kier alpha value is -4.07. The van der Waals surface area contributed by atoms with Gasteiger partial charge in [-0.1, -0.05) is 26.0 Å². The highest BCUT2D eigenvalue weighted by atomic mass is 16.2. The van der Waals surface area contributed by atoms with Gasteiger partial charge in [0.1, 0.15) is 17.5 Å². The molecule has 6 rings (SSSR count). The first-order chi connectivity index (χ1) is 16.1. The van der Waals surface area contributed by atoms with Crippen molar-refractivity contribution in [3.05, 3.63) is 65.6 Å². The Morgan fingerprint density at radius 2 is 1.85 bits per heavy atom. The highest BCUT2D eigenvalue weighted by Gasteiger charge is 2.41. The number of nitrogens with one attached hydrogen (secondary N) is 2. The fourth-order valence-electron chi connectivity index (χ4n) is 4.64. The molecule has 1 aromatic carbocycles. The average molecular weight is 441 g/mol. The molecule has 4 aromatic rings. The fraction of sp³-hybridized carbons (Fsp3) is 0.240. The number of anilines is 1. The van der Waals surface area contributed by atoms with E-state index in [0.29, 0.717) is 17.8 Å². The van der Waals surface area contributed by atoms with Crippen LogP contribution in [0.3, 0.4) is 0 Å². The third-order valence-corrected chi connectivity index (χ3v) is 6.09. The van der Waals surface area contributed by atoms with E-state index < -0.39 is 11.9 Å². The zero-order valence-corrected chi connectivity index (χ0v) is 18.4. The number of H-pyrrole nitrogens is 1. The lowest BCUT2D eigenvalue weighted by molar-refractivity contribution is -0.134. The lowest BCUT2D eigenvalue weighted by atomic mass is 9.99. The molecule has 0 spiro atoms. The summed E-state index contributed by atoms with van der Waals surface area (Å²) in [5.41, 5.74) is 3.45. The molecule has 2 N–H and O–H groups in total. The number of amides is 3. The predicted molar refractivity (Wildman–Crippen MR) is 125 cm³/mol. The van der Waals surface area contributed by atoms with Gasteiger partial charge >= 0.3 is 0 Å². The number of hydrogen-bond acceptors (Lipinski definition) is 5. The second-order valence-corrected chi connectivity index (χ2v) is 7.87. The van der Waals surface area contributed by atoms with Gasteiger partial charge in [-0.3, -0.25) is 24.6 Å². The molecule has 2 aliphatic rings. The van der Waals surface area contributed by atoms with Gasteiger partial charge in [-0.25, -0.2) is 9.97 Å². The molecule has 3 amide bonds. The monoisotopic (exact) mass is 441 g/mol. The van der Waals surface area contributed by atoms with Gasteiger partial charge in [0.05, 0.1) is 5.56 Å². The Labute approximate surface area is 190 Å². The van der Waals surface area contributed by atoms with Crippen molar-refractivity contribution in [1.82, 2.24) is 20.3 Å². The van der Waals surface area contributed by atoms with Crippen molar-refractivity contribution in [2.24, 2.45) is 0 Å². The number of carbonyl (C=O) groups excluding carboxylic acids is 3. The number of imide groups is 1.